The number of rotatable bonds is 8. The Bertz CT molecular complexity index is 849. The molecule has 2 N–H and O–H groups in total. The van der Waals surface area contributed by atoms with Crippen molar-refractivity contribution in [3.8, 4) is 11.5 Å². The van der Waals surface area contributed by atoms with E-state index in [1.165, 1.54) is 0 Å². The number of nitrogens with one attached hydrogen (secondary N) is 2. The summed E-state index contributed by atoms with van der Waals surface area (Å²) in [5.41, 5.74) is 7.43. The van der Waals surface area contributed by atoms with E-state index in [0.29, 0.717) is 29.6 Å². The van der Waals surface area contributed by atoms with E-state index in [1.54, 1.807) is 31.2 Å². The van der Waals surface area contributed by atoms with Gasteiger partial charge in [-0.2, -0.15) is 0 Å². The molecule has 156 valence electrons. The summed E-state index contributed by atoms with van der Waals surface area (Å²) in [6.07, 6.45) is 0.120. The number of aryl methyl sites for hydroxylation is 2. The Kier molecular flexibility index (Phi) is 8.07. The second-order valence-electron chi connectivity index (χ2n) is 7.48. The van der Waals surface area contributed by atoms with Gasteiger partial charge in [-0.25, -0.2) is 0 Å². The van der Waals surface area contributed by atoms with Gasteiger partial charge in [0.25, 0.3) is 11.8 Å². The van der Waals surface area contributed by atoms with Crippen LogP contribution in [0.15, 0.2) is 42.5 Å². The minimum absolute atomic E-state index is 0.360. The van der Waals surface area contributed by atoms with Crippen LogP contribution >= 0.6 is 0 Å². The fourth-order valence-electron chi connectivity index (χ4n) is 2.52. The van der Waals surface area contributed by atoms with Crippen molar-refractivity contribution in [2.75, 3.05) is 6.61 Å². The van der Waals surface area contributed by atoms with Gasteiger partial charge in [0.2, 0.25) is 0 Å². The van der Waals surface area contributed by atoms with Crippen LogP contribution in [0.25, 0.3) is 0 Å². The molecule has 0 saturated carbocycles. The Hall–Kier alpha value is -3.02. The summed E-state index contributed by atoms with van der Waals surface area (Å²) in [5.74, 6) is 0.700. The zero-order chi connectivity index (χ0) is 21.4. The number of carbonyl (C=O) groups is 2. The number of para-hydroxylation sites is 1. The van der Waals surface area contributed by atoms with Gasteiger partial charge in [-0.1, -0.05) is 32.0 Å². The van der Waals surface area contributed by atoms with Crippen LogP contribution in [0.2, 0.25) is 0 Å². The predicted octanol–water partition coefficient (Wildman–Crippen LogP) is 3.96. The van der Waals surface area contributed by atoms with E-state index in [-0.39, 0.29) is 0 Å². The van der Waals surface area contributed by atoms with Crippen LogP contribution in [0.4, 0.5) is 0 Å². The summed E-state index contributed by atoms with van der Waals surface area (Å²) >= 11 is 0. The molecule has 0 aromatic heterocycles. The molecule has 29 heavy (non-hydrogen) atoms. The Morgan fingerprint density at radius 2 is 1.69 bits per heavy atom. The van der Waals surface area contributed by atoms with Crippen molar-refractivity contribution < 1.29 is 19.1 Å². The van der Waals surface area contributed by atoms with Gasteiger partial charge in [0, 0.05) is 0 Å². The van der Waals surface area contributed by atoms with E-state index in [1.807, 2.05) is 32.0 Å². The summed E-state index contributed by atoms with van der Waals surface area (Å²) < 4.78 is 11.4. The molecule has 0 aliphatic rings. The predicted molar refractivity (Wildman–Crippen MR) is 113 cm³/mol. The van der Waals surface area contributed by atoms with Crippen molar-refractivity contribution in [3.05, 3.63) is 59.2 Å². The van der Waals surface area contributed by atoms with Gasteiger partial charge in [-0.05, 0) is 68.5 Å². The third-order valence-electron chi connectivity index (χ3n) is 4.54. The van der Waals surface area contributed by atoms with Crippen molar-refractivity contribution in [1.29, 1.82) is 0 Å². The fourth-order valence-corrected chi connectivity index (χ4v) is 2.52. The van der Waals surface area contributed by atoms with Gasteiger partial charge in [0.15, 0.2) is 6.10 Å². The van der Waals surface area contributed by atoms with E-state index in [9.17, 15) is 9.59 Å². The number of ether oxygens (including phenoxy) is 2. The highest BCUT2D eigenvalue weighted by Gasteiger charge is 2.18. The van der Waals surface area contributed by atoms with Crippen molar-refractivity contribution in [1.82, 2.24) is 10.9 Å². The quantitative estimate of drug-likeness (QED) is 0.660. The molecule has 0 saturated heterocycles. The topological polar surface area (TPSA) is 76.7 Å². The number of amides is 2. The molecule has 0 aliphatic carbocycles. The highest BCUT2D eigenvalue weighted by molar-refractivity contribution is 5.98. The summed E-state index contributed by atoms with van der Waals surface area (Å²) in [4.78, 5) is 24.8. The van der Waals surface area contributed by atoms with Crippen LogP contribution in [-0.4, -0.2) is 24.5 Å². The van der Waals surface area contributed by atoms with Crippen molar-refractivity contribution in [2.24, 2.45) is 5.92 Å². The van der Waals surface area contributed by atoms with Gasteiger partial charge >= 0.3 is 0 Å². The number of hydrogen-bond donors (Lipinski definition) is 2. The van der Waals surface area contributed by atoms with E-state index >= 15 is 0 Å². The SMILES string of the molecule is Cc1ccc(OC(C)C(=O)NNC(=O)c2ccccc2OCCC(C)C)cc1C. The fraction of sp³-hybridized carbons (Fsp3) is 0.391. The largest absolute Gasteiger partial charge is 0.493 e. The molecule has 1 atom stereocenters. The zero-order valence-corrected chi connectivity index (χ0v) is 17.7. The lowest BCUT2D eigenvalue weighted by atomic mass is 10.1. The number of benzene rings is 2. The lowest BCUT2D eigenvalue weighted by Crippen LogP contribution is -2.47. The van der Waals surface area contributed by atoms with Crippen LogP contribution in [0.3, 0.4) is 0 Å². The van der Waals surface area contributed by atoms with Crippen LogP contribution < -0.4 is 20.3 Å². The van der Waals surface area contributed by atoms with Crippen LogP contribution in [0, 0.1) is 19.8 Å². The second kappa shape index (κ2) is 10.5. The molecule has 2 aromatic carbocycles. The maximum atomic E-state index is 12.5. The Morgan fingerprint density at radius 3 is 2.38 bits per heavy atom. The highest BCUT2D eigenvalue weighted by atomic mass is 16.5. The zero-order valence-electron chi connectivity index (χ0n) is 17.7. The van der Waals surface area contributed by atoms with E-state index in [4.69, 9.17) is 9.47 Å². The Balaban J connectivity index is 1.91. The van der Waals surface area contributed by atoms with Gasteiger partial charge in [-0.3, -0.25) is 20.4 Å². The van der Waals surface area contributed by atoms with E-state index in [0.717, 1.165) is 17.5 Å². The minimum atomic E-state index is -0.769. The first kappa shape index (κ1) is 22.3. The maximum Gasteiger partial charge on any atom is 0.279 e. The lowest BCUT2D eigenvalue weighted by Gasteiger charge is -2.17. The monoisotopic (exact) mass is 398 g/mol. The standard InChI is InChI=1S/C23H30N2O4/c1-15(2)12-13-28-21-9-7-6-8-20(21)23(27)25-24-22(26)18(5)29-19-11-10-16(3)17(4)14-19/h6-11,14-15,18H,12-13H2,1-5H3,(H,24,26)(H,25,27). The molecule has 0 heterocycles. The smallest absolute Gasteiger partial charge is 0.279 e. The molecular formula is C23H30N2O4. The van der Waals surface area contributed by atoms with Crippen LogP contribution in [0.5, 0.6) is 11.5 Å². The van der Waals surface area contributed by atoms with Crippen LogP contribution in [0.1, 0.15) is 48.7 Å². The molecule has 6 nitrogen and oxygen atoms in total. The first-order chi connectivity index (χ1) is 13.8. The van der Waals surface area contributed by atoms with Gasteiger partial charge in [0.1, 0.15) is 11.5 Å². The normalized spacial score (nSPS) is 11.7. The molecule has 1 unspecified atom stereocenters. The van der Waals surface area contributed by atoms with Gasteiger partial charge < -0.3 is 9.47 Å². The van der Waals surface area contributed by atoms with E-state index < -0.39 is 17.9 Å². The van der Waals surface area contributed by atoms with Gasteiger partial charge in [-0.15, -0.1) is 0 Å². The molecule has 2 aromatic rings. The van der Waals surface area contributed by atoms with E-state index in [2.05, 4.69) is 24.7 Å². The number of hydrazine groups is 1. The molecule has 6 heteroatoms. The average Bonchev–Trinajstić information content (AvgIpc) is 2.68. The molecule has 2 rings (SSSR count). The summed E-state index contributed by atoms with van der Waals surface area (Å²) in [7, 11) is 0. The summed E-state index contributed by atoms with van der Waals surface area (Å²) in [5, 5.41) is 0. The van der Waals surface area contributed by atoms with Crippen molar-refractivity contribution >= 4 is 11.8 Å². The third-order valence-corrected chi connectivity index (χ3v) is 4.54. The lowest BCUT2D eigenvalue weighted by molar-refractivity contribution is -0.128. The average molecular weight is 399 g/mol. The van der Waals surface area contributed by atoms with Gasteiger partial charge in [0.05, 0.1) is 12.2 Å². The first-order valence-corrected chi connectivity index (χ1v) is 9.84. The molecule has 0 aliphatic heterocycles. The first-order valence-electron chi connectivity index (χ1n) is 9.84. The second-order valence-corrected chi connectivity index (χ2v) is 7.48. The Labute approximate surface area is 172 Å². The molecule has 0 spiro atoms. The third kappa shape index (κ3) is 6.82. The van der Waals surface area contributed by atoms with Crippen molar-refractivity contribution in [3.63, 3.8) is 0 Å². The molecule has 0 radical (unpaired) electrons. The molecular weight excluding hydrogens is 368 g/mol. The molecule has 0 fully saturated rings. The summed E-state index contributed by atoms with van der Waals surface area (Å²) in [6, 6.07) is 12.6. The maximum absolute atomic E-state index is 12.5. The molecule has 2 amide bonds. The number of hydrogen-bond acceptors (Lipinski definition) is 4. The van der Waals surface area contributed by atoms with Crippen LogP contribution in [-0.2, 0) is 4.79 Å². The molecule has 0 bridgehead atoms. The number of carbonyl (C=O) groups excluding carboxylic acids is 2. The highest BCUT2D eigenvalue weighted by Crippen LogP contribution is 2.19. The summed E-state index contributed by atoms with van der Waals surface area (Å²) in [6.45, 7) is 10.4. The van der Waals surface area contributed by atoms with Crippen molar-refractivity contribution in [2.45, 2.75) is 47.1 Å². The Morgan fingerprint density at radius 1 is 0.966 bits per heavy atom. The minimum Gasteiger partial charge on any atom is -0.493 e.